The van der Waals surface area contributed by atoms with Crippen LogP contribution in [0.2, 0.25) is 0 Å². The summed E-state index contributed by atoms with van der Waals surface area (Å²) >= 11 is 0. The lowest BCUT2D eigenvalue weighted by Crippen LogP contribution is -2.71. The van der Waals surface area contributed by atoms with Crippen molar-refractivity contribution in [2.75, 3.05) is 13.1 Å². The highest BCUT2D eigenvalue weighted by Gasteiger charge is 2.69. The van der Waals surface area contributed by atoms with Crippen LogP contribution in [0.4, 0.5) is 0 Å². The first-order valence-electron chi connectivity index (χ1n) is 8.87. The number of ether oxygens (including phenoxy) is 1. The topological polar surface area (TPSA) is 29.5 Å². The molecular formula is C21H21NO2. The third-order valence-corrected chi connectivity index (χ3v) is 6.13. The number of benzene rings is 1. The largest absolute Gasteiger partial charge is 0.450 e. The van der Waals surface area contributed by atoms with E-state index in [1.54, 1.807) is 0 Å². The Morgan fingerprint density at radius 2 is 1.96 bits per heavy atom. The summed E-state index contributed by atoms with van der Waals surface area (Å²) in [6.07, 6.45) is 13.8. The molecule has 3 heteroatoms. The molecule has 0 saturated carbocycles. The van der Waals surface area contributed by atoms with Crippen LogP contribution in [-0.4, -0.2) is 35.6 Å². The average molecular weight is 319 g/mol. The highest BCUT2D eigenvalue weighted by molar-refractivity contribution is 5.95. The molecule has 0 radical (unpaired) electrons. The van der Waals surface area contributed by atoms with Crippen LogP contribution in [0.15, 0.2) is 66.3 Å². The fraction of sp³-hybridized carbons (Fsp3) is 0.381. The molecule has 1 aliphatic carbocycles. The second-order valence-electron chi connectivity index (χ2n) is 7.26. The zero-order valence-electron chi connectivity index (χ0n) is 13.7. The summed E-state index contributed by atoms with van der Waals surface area (Å²) in [6.45, 7) is 1.97. The highest BCUT2D eigenvalue weighted by Crippen LogP contribution is 2.57. The fourth-order valence-corrected chi connectivity index (χ4v) is 5.03. The first-order valence-corrected chi connectivity index (χ1v) is 8.87. The van der Waals surface area contributed by atoms with Crippen molar-refractivity contribution in [1.82, 2.24) is 4.90 Å². The Morgan fingerprint density at radius 1 is 1.08 bits per heavy atom. The van der Waals surface area contributed by atoms with Crippen molar-refractivity contribution in [3.05, 3.63) is 71.8 Å². The van der Waals surface area contributed by atoms with Crippen molar-refractivity contribution in [3.8, 4) is 0 Å². The van der Waals surface area contributed by atoms with Gasteiger partial charge in [-0.3, -0.25) is 9.69 Å². The number of piperidine rings is 1. The number of allylic oxidation sites excluding steroid dienone is 4. The molecule has 0 N–H and O–H groups in total. The zero-order chi connectivity index (χ0) is 16.2. The van der Waals surface area contributed by atoms with Crippen LogP contribution in [0.5, 0.6) is 0 Å². The van der Waals surface area contributed by atoms with Crippen molar-refractivity contribution in [2.45, 2.75) is 36.3 Å². The molecule has 24 heavy (non-hydrogen) atoms. The predicted molar refractivity (Wildman–Crippen MR) is 92.5 cm³/mol. The van der Waals surface area contributed by atoms with Gasteiger partial charge in [-0.25, -0.2) is 0 Å². The molecule has 3 fully saturated rings. The second kappa shape index (κ2) is 4.93. The van der Waals surface area contributed by atoms with Crippen LogP contribution < -0.4 is 0 Å². The fourth-order valence-electron chi connectivity index (χ4n) is 5.03. The first-order chi connectivity index (χ1) is 11.8. The lowest BCUT2D eigenvalue weighted by Gasteiger charge is -2.57. The number of rotatable bonds is 1. The Labute approximate surface area is 142 Å². The van der Waals surface area contributed by atoms with Crippen LogP contribution in [0.25, 0.3) is 0 Å². The Balaban J connectivity index is 1.68. The van der Waals surface area contributed by atoms with Crippen molar-refractivity contribution in [3.63, 3.8) is 0 Å². The number of fused-ring (bicyclic) bond motifs is 4. The van der Waals surface area contributed by atoms with Gasteiger partial charge in [-0.05, 0) is 24.9 Å². The predicted octanol–water partition coefficient (Wildman–Crippen LogP) is 3.14. The van der Waals surface area contributed by atoms with Crippen LogP contribution in [0.1, 0.15) is 24.8 Å². The molecule has 0 amide bonds. The Hall–Kier alpha value is -2.13. The molecular weight excluding hydrogens is 298 g/mol. The maximum absolute atomic E-state index is 13.2. The second-order valence-corrected chi connectivity index (χ2v) is 7.26. The monoisotopic (exact) mass is 319 g/mol. The van der Waals surface area contributed by atoms with Crippen LogP contribution in [0.3, 0.4) is 0 Å². The Kier molecular flexibility index (Phi) is 2.93. The minimum atomic E-state index is -0.770. The standard InChI is InChI=1S/C21H21NO2/c23-19-20(16-9-3-1-4-10-16)13-7-2-5-11-17(20)21(24-19)15-22-14-8-6-12-18(21)22/h1-5,7,9-11,13,18H,6,8,12,14-15H2/t18-,20+,21-/m0/s1. The smallest absolute Gasteiger partial charge is 0.325 e. The maximum Gasteiger partial charge on any atom is 0.325 e. The molecule has 3 aliphatic heterocycles. The van der Waals surface area contributed by atoms with E-state index in [9.17, 15) is 4.79 Å². The molecule has 3 nitrogen and oxygen atoms in total. The number of hydrogen-bond donors (Lipinski definition) is 0. The van der Waals surface area contributed by atoms with E-state index in [-0.39, 0.29) is 5.97 Å². The highest BCUT2D eigenvalue weighted by atomic mass is 16.6. The molecule has 3 heterocycles. The van der Waals surface area contributed by atoms with Gasteiger partial charge in [0.25, 0.3) is 0 Å². The molecule has 0 bridgehead atoms. The number of hydrogen-bond acceptors (Lipinski definition) is 3. The molecule has 1 spiro atoms. The van der Waals surface area contributed by atoms with Gasteiger partial charge < -0.3 is 4.74 Å². The summed E-state index contributed by atoms with van der Waals surface area (Å²) in [6, 6.07) is 10.4. The van der Waals surface area contributed by atoms with E-state index in [0.717, 1.165) is 30.6 Å². The van der Waals surface area contributed by atoms with E-state index in [4.69, 9.17) is 4.74 Å². The minimum Gasteiger partial charge on any atom is -0.450 e. The normalized spacial score (nSPS) is 37.2. The Morgan fingerprint density at radius 3 is 2.79 bits per heavy atom. The van der Waals surface area contributed by atoms with E-state index in [1.807, 2.05) is 54.6 Å². The summed E-state index contributed by atoms with van der Waals surface area (Å²) in [5, 5.41) is 0. The van der Waals surface area contributed by atoms with Gasteiger partial charge in [0, 0.05) is 12.1 Å². The van der Waals surface area contributed by atoms with Gasteiger partial charge in [0.05, 0.1) is 6.04 Å². The van der Waals surface area contributed by atoms with Crippen molar-refractivity contribution < 1.29 is 9.53 Å². The molecule has 3 saturated heterocycles. The van der Waals surface area contributed by atoms with Crippen molar-refractivity contribution >= 4 is 5.97 Å². The van der Waals surface area contributed by atoms with E-state index in [2.05, 4.69) is 11.0 Å². The molecule has 0 unspecified atom stereocenters. The number of carbonyl (C=O) groups is 1. The zero-order valence-corrected chi connectivity index (χ0v) is 13.7. The van der Waals surface area contributed by atoms with Crippen molar-refractivity contribution in [2.24, 2.45) is 0 Å². The maximum atomic E-state index is 13.2. The lowest BCUT2D eigenvalue weighted by molar-refractivity contribution is -0.180. The van der Waals surface area contributed by atoms with E-state index < -0.39 is 11.0 Å². The summed E-state index contributed by atoms with van der Waals surface area (Å²) in [5.41, 5.74) is 0.924. The molecule has 122 valence electrons. The third-order valence-electron chi connectivity index (χ3n) is 6.13. The quantitative estimate of drug-likeness (QED) is 0.745. The van der Waals surface area contributed by atoms with Gasteiger partial charge in [-0.15, -0.1) is 0 Å². The molecule has 0 aromatic heterocycles. The SMILES string of the molecule is O=C1O[C@@]2(CN3CCCC[C@H]32)C2=CC=CC=C[C@]12c1ccccc1. The molecule has 3 atom stereocenters. The molecule has 1 aromatic carbocycles. The summed E-state index contributed by atoms with van der Waals surface area (Å²) in [7, 11) is 0. The summed E-state index contributed by atoms with van der Waals surface area (Å²) < 4.78 is 6.18. The van der Waals surface area contributed by atoms with E-state index in [1.165, 1.54) is 12.8 Å². The van der Waals surface area contributed by atoms with Gasteiger partial charge in [0.1, 0.15) is 5.41 Å². The van der Waals surface area contributed by atoms with Gasteiger partial charge >= 0.3 is 5.97 Å². The lowest BCUT2D eigenvalue weighted by atomic mass is 9.64. The van der Waals surface area contributed by atoms with E-state index in [0.29, 0.717) is 6.04 Å². The summed E-state index contributed by atoms with van der Waals surface area (Å²) in [5.74, 6) is -0.120. The molecule has 4 aliphatic rings. The van der Waals surface area contributed by atoms with Crippen molar-refractivity contribution in [1.29, 1.82) is 0 Å². The van der Waals surface area contributed by atoms with Crippen LogP contribution in [-0.2, 0) is 14.9 Å². The van der Waals surface area contributed by atoms with Gasteiger partial charge in [0.2, 0.25) is 0 Å². The van der Waals surface area contributed by atoms with Gasteiger partial charge in [-0.1, -0.05) is 67.1 Å². The minimum absolute atomic E-state index is 0.120. The van der Waals surface area contributed by atoms with Crippen LogP contribution in [0, 0.1) is 0 Å². The Bertz CT molecular complexity index is 778. The first kappa shape index (κ1) is 14.2. The number of carbonyl (C=O) groups excluding carboxylic acids is 1. The summed E-state index contributed by atoms with van der Waals surface area (Å²) in [4.78, 5) is 15.7. The van der Waals surface area contributed by atoms with E-state index >= 15 is 0 Å². The third kappa shape index (κ3) is 1.63. The average Bonchev–Trinajstić information content (AvgIpc) is 2.75. The molecule has 5 rings (SSSR count). The number of nitrogens with zero attached hydrogens (tertiary/aromatic N) is 1. The molecule has 1 aromatic rings. The number of esters is 1. The van der Waals surface area contributed by atoms with Gasteiger partial charge in [-0.2, -0.15) is 0 Å². The van der Waals surface area contributed by atoms with Crippen LogP contribution >= 0.6 is 0 Å². The van der Waals surface area contributed by atoms with Gasteiger partial charge in [0.15, 0.2) is 5.60 Å².